The summed E-state index contributed by atoms with van der Waals surface area (Å²) in [5.74, 6) is 1.93. The average molecular weight is 463 g/mol. The van der Waals surface area contributed by atoms with E-state index in [4.69, 9.17) is 15.0 Å². The molecule has 0 saturated heterocycles. The molecular formula is C32H22N4. The van der Waals surface area contributed by atoms with Crippen LogP contribution in [0.15, 0.2) is 115 Å². The maximum Gasteiger partial charge on any atom is 0.238 e. The van der Waals surface area contributed by atoms with Crippen molar-refractivity contribution in [1.29, 1.82) is 0 Å². The molecule has 0 aliphatic rings. The van der Waals surface area contributed by atoms with Crippen LogP contribution >= 0.6 is 0 Å². The highest BCUT2D eigenvalue weighted by molar-refractivity contribution is 6.18. The lowest BCUT2D eigenvalue weighted by molar-refractivity contribution is 0.955. The molecular weight excluding hydrogens is 440 g/mol. The lowest BCUT2D eigenvalue weighted by atomic mass is 10.1. The molecule has 7 aromatic rings. The van der Waals surface area contributed by atoms with Crippen LogP contribution in [0.5, 0.6) is 0 Å². The number of hydrogen-bond acceptors (Lipinski definition) is 3. The Morgan fingerprint density at radius 3 is 1.92 bits per heavy atom. The van der Waals surface area contributed by atoms with Crippen LogP contribution in [0, 0.1) is 6.92 Å². The summed E-state index contributed by atoms with van der Waals surface area (Å²) in [6.45, 7) is 2.08. The van der Waals surface area contributed by atoms with Crippen molar-refractivity contribution in [2.24, 2.45) is 0 Å². The molecule has 2 aromatic heterocycles. The number of nitrogens with zero attached hydrogens (tertiary/aromatic N) is 4. The normalized spacial score (nSPS) is 11.5. The molecule has 0 unspecified atom stereocenters. The Labute approximate surface area is 208 Å². The van der Waals surface area contributed by atoms with Crippen LogP contribution in [-0.4, -0.2) is 19.5 Å². The quantitative estimate of drug-likeness (QED) is 0.269. The fraction of sp³-hybridized carbons (Fsp3) is 0.0312. The molecule has 0 aliphatic carbocycles. The van der Waals surface area contributed by atoms with Crippen LogP contribution in [0.25, 0.3) is 61.3 Å². The van der Waals surface area contributed by atoms with E-state index in [2.05, 4.69) is 96.4 Å². The topological polar surface area (TPSA) is 43.6 Å². The Kier molecular flexibility index (Phi) is 4.64. The van der Waals surface area contributed by atoms with Gasteiger partial charge in [0.25, 0.3) is 0 Å². The summed E-state index contributed by atoms with van der Waals surface area (Å²) < 4.78 is 2.19. The first-order valence-electron chi connectivity index (χ1n) is 12.1. The standard InChI is InChI=1S/C32H22N4/c1-21-15-17-24(18-16-21)31-33-30(23-10-3-2-4-11-23)34-32(35-31)36-28-14-8-7-13-26(28)27-20-19-22-9-5-6-12-25(22)29(27)36/h2-20H,1H3. The van der Waals surface area contributed by atoms with Gasteiger partial charge in [0.1, 0.15) is 0 Å². The Balaban J connectivity index is 1.61. The molecule has 4 nitrogen and oxygen atoms in total. The van der Waals surface area contributed by atoms with Crippen molar-refractivity contribution in [3.05, 3.63) is 121 Å². The SMILES string of the molecule is Cc1ccc(-c2nc(-c3ccccc3)nc(-n3c4ccccc4c4ccc5ccccc5c43)n2)cc1. The van der Waals surface area contributed by atoms with Crippen molar-refractivity contribution in [2.75, 3.05) is 0 Å². The molecule has 7 rings (SSSR count). The molecule has 0 fully saturated rings. The van der Waals surface area contributed by atoms with Gasteiger partial charge in [-0.2, -0.15) is 9.97 Å². The summed E-state index contributed by atoms with van der Waals surface area (Å²) in [7, 11) is 0. The monoisotopic (exact) mass is 462 g/mol. The van der Waals surface area contributed by atoms with E-state index in [0.29, 0.717) is 17.6 Å². The second-order valence-electron chi connectivity index (χ2n) is 9.05. The van der Waals surface area contributed by atoms with Crippen molar-refractivity contribution in [3.8, 4) is 28.7 Å². The third kappa shape index (κ3) is 3.27. The van der Waals surface area contributed by atoms with E-state index in [9.17, 15) is 0 Å². The smallest absolute Gasteiger partial charge is 0.238 e. The maximum absolute atomic E-state index is 5.05. The molecule has 0 bridgehead atoms. The van der Waals surface area contributed by atoms with Gasteiger partial charge in [-0.1, -0.05) is 115 Å². The van der Waals surface area contributed by atoms with Crippen molar-refractivity contribution in [2.45, 2.75) is 6.92 Å². The van der Waals surface area contributed by atoms with Crippen molar-refractivity contribution >= 4 is 32.6 Å². The summed E-state index contributed by atoms with van der Waals surface area (Å²) >= 11 is 0. The van der Waals surface area contributed by atoms with E-state index in [1.807, 2.05) is 30.3 Å². The lowest BCUT2D eigenvalue weighted by Crippen LogP contribution is -2.06. The van der Waals surface area contributed by atoms with Crippen molar-refractivity contribution < 1.29 is 0 Å². The number of aromatic nitrogens is 4. The highest BCUT2D eigenvalue weighted by atomic mass is 15.2. The molecule has 0 saturated carbocycles. The predicted molar refractivity (Wildman–Crippen MR) is 147 cm³/mol. The van der Waals surface area contributed by atoms with Crippen LogP contribution < -0.4 is 0 Å². The fourth-order valence-corrected chi connectivity index (χ4v) is 4.95. The molecule has 4 heteroatoms. The Hall–Kier alpha value is -4.83. The zero-order valence-corrected chi connectivity index (χ0v) is 19.8. The number of rotatable bonds is 3. The Morgan fingerprint density at radius 1 is 0.500 bits per heavy atom. The molecule has 170 valence electrons. The van der Waals surface area contributed by atoms with Crippen LogP contribution in [0.2, 0.25) is 0 Å². The van der Waals surface area contributed by atoms with Gasteiger partial charge in [0, 0.05) is 27.3 Å². The van der Waals surface area contributed by atoms with Gasteiger partial charge in [-0.05, 0) is 18.4 Å². The summed E-state index contributed by atoms with van der Waals surface area (Å²) in [6.07, 6.45) is 0. The second kappa shape index (κ2) is 8.14. The van der Waals surface area contributed by atoms with Gasteiger partial charge in [0.15, 0.2) is 11.6 Å². The van der Waals surface area contributed by atoms with Gasteiger partial charge < -0.3 is 0 Å². The number of benzene rings is 5. The van der Waals surface area contributed by atoms with E-state index in [-0.39, 0.29) is 0 Å². The molecule has 0 aliphatic heterocycles. The minimum Gasteiger partial charge on any atom is -0.277 e. The Bertz CT molecular complexity index is 1880. The van der Waals surface area contributed by atoms with E-state index in [1.54, 1.807) is 0 Å². The summed E-state index contributed by atoms with van der Waals surface area (Å²) in [5, 5.41) is 4.72. The third-order valence-corrected chi connectivity index (χ3v) is 6.72. The van der Waals surface area contributed by atoms with Gasteiger partial charge in [-0.3, -0.25) is 4.57 Å². The van der Waals surface area contributed by atoms with Gasteiger partial charge in [-0.25, -0.2) is 4.98 Å². The first kappa shape index (κ1) is 20.5. The zero-order chi connectivity index (χ0) is 24.1. The van der Waals surface area contributed by atoms with E-state index in [0.717, 1.165) is 22.2 Å². The van der Waals surface area contributed by atoms with Crippen molar-refractivity contribution in [1.82, 2.24) is 19.5 Å². The zero-order valence-electron chi connectivity index (χ0n) is 19.8. The Morgan fingerprint density at radius 2 is 1.14 bits per heavy atom. The number of para-hydroxylation sites is 1. The van der Waals surface area contributed by atoms with Crippen molar-refractivity contribution in [3.63, 3.8) is 0 Å². The maximum atomic E-state index is 5.05. The number of aryl methyl sites for hydroxylation is 1. The summed E-state index contributed by atoms with van der Waals surface area (Å²) in [4.78, 5) is 15.0. The van der Waals surface area contributed by atoms with E-state index >= 15 is 0 Å². The first-order chi connectivity index (χ1) is 17.8. The summed E-state index contributed by atoms with van der Waals surface area (Å²) in [5.41, 5.74) is 5.30. The van der Waals surface area contributed by atoms with Crippen LogP contribution in [-0.2, 0) is 0 Å². The van der Waals surface area contributed by atoms with E-state index < -0.39 is 0 Å². The van der Waals surface area contributed by atoms with Gasteiger partial charge in [0.2, 0.25) is 5.95 Å². The second-order valence-corrected chi connectivity index (χ2v) is 9.05. The highest BCUT2D eigenvalue weighted by Gasteiger charge is 2.19. The minimum atomic E-state index is 0.613. The van der Waals surface area contributed by atoms with Crippen LogP contribution in [0.1, 0.15) is 5.56 Å². The molecule has 36 heavy (non-hydrogen) atoms. The molecule has 0 radical (unpaired) electrons. The predicted octanol–water partition coefficient (Wildman–Crippen LogP) is 7.76. The van der Waals surface area contributed by atoms with Crippen LogP contribution in [0.4, 0.5) is 0 Å². The highest BCUT2D eigenvalue weighted by Crippen LogP contribution is 2.36. The summed E-state index contributed by atoms with van der Waals surface area (Å²) in [6, 6.07) is 39.8. The number of fused-ring (bicyclic) bond motifs is 5. The first-order valence-corrected chi connectivity index (χ1v) is 12.1. The van der Waals surface area contributed by atoms with Gasteiger partial charge in [0.05, 0.1) is 11.0 Å². The average Bonchev–Trinajstić information content (AvgIpc) is 3.29. The molecule has 0 spiro atoms. The minimum absolute atomic E-state index is 0.613. The van der Waals surface area contributed by atoms with E-state index in [1.165, 1.54) is 27.1 Å². The molecule has 0 N–H and O–H groups in total. The third-order valence-electron chi connectivity index (χ3n) is 6.72. The molecule has 2 heterocycles. The van der Waals surface area contributed by atoms with Gasteiger partial charge >= 0.3 is 0 Å². The largest absolute Gasteiger partial charge is 0.277 e. The molecule has 0 atom stereocenters. The number of hydrogen-bond donors (Lipinski definition) is 0. The van der Waals surface area contributed by atoms with Crippen LogP contribution in [0.3, 0.4) is 0 Å². The molecule has 0 amide bonds. The molecule has 5 aromatic carbocycles. The van der Waals surface area contributed by atoms with Gasteiger partial charge in [-0.15, -0.1) is 0 Å². The fourth-order valence-electron chi connectivity index (χ4n) is 4.95. The lowest BCUT2D eigenvalue weighted by Gasteiger charge is -2.12.